The van der Waals surface area contributed by atoms with Crippen molar-refractivity contribution in [1.29, 1.82) is 0 Å². The lowest BCUT2D eigenvalue weighted by Gasteiger charge is -2.31. The minimum Gasteiger partial charge on any atom is -0.311 e. The fourth-order valence-corrected chi connectivity index (χ4v) is 3.55. The molecule has 2 aromatic rings. The molecule has 128 valence electrons. The third kappa shape index (κ3) is 5.13. The molecular formula is C21H25F2N. The Morgan fingerprint density at radius 1 is 0.708 bits per heavy atom. The Labute approximate surface area is 143 Å². The third-order valence-corrected chi connectivity index (χ3v) is 4.97. The first-order valence-corrected chi connectivity index (χ1v) is 8.94. The smallest absolute Gasteiger partial charge is 0.123 e. The number of hydrogen-bond donors (Lipinski definition) is 1. The van der Waals surface area contributed by atoms with E-state index in [2.05, 4.69) is 5.32 Å². The van der Waals surface area contributed by atoms with E-state index >= 15 is 0 Å². The summed E-state index contributed by atoms with van der Waals surface area (Å²) in [7, 11) is 0. The van der Waals surface area contributed by atoms with E-state index in [-0.39, 0.29) is 11.6 Å². The van der Waals surface area contributed by atoms with Crippen LogP contribution in [-0.2, 0) is 12.8 Å². The number of nitrogens with one attached hydrogen (secondary N) is 1. The van der Waals surface area contributed by atoms with Gasteiger partial charge in [-0.1, -0.05) is 30.7 Å². The zero-order valence-corrected chi connectivity index (χ0v) is 14.0. The van der Waals surface area contributed by atoms with Gasteiger partial charge in [-0.25, -0.2) is 8.78 Å². The zero-order valence-electron chi connectivity index (χ0n) is 14.0. The van der Waals surface area contributed by atoms with Crippen molar-refractivity contribution in [3.63, 3.8) is 0 Å². The fraction of sp³-hybridized carbons (Fsp3) is 0.429. The van der Waals surface area contributed by atoms with E-state index in [1.54, 1.807) is 0 Å². The molecule has 3 heteroatoms. The van der Waals surface area contributed by atoms with E-state index in [0.717, 1.165) is 25.7 Å². The van der Waals surface area contributed by atoms with Crippen molar-refractivity contribution in [2.75, 3.05) is 0 Å². The Morgan fingerprint density at radius 3 is 1.54 bits per heavy atom. The molecule has 0 aromatic heterocycles. The van der Waals surface area contributed by atoms with Crippen molar-refractivity contribution >= 4 is 0 Å². The van der Waals surface area contributed by atoms with E-state index in [0.29, 0.717) is 12.1 Å². The van der Waals surface area contributed by atoms with Gasteiger partial charge in [0.25, 0.3) is 0 Å². The minimum atomic E-state index is -0.171. The SMILES string of the molecule is Fc1ccc(CC[C@H]2CCC[C@@H](CCc3ccc(F)cc3)N2)cc1. The summed E-state index contributed by atoms with van der Waals surface area (Å²) in [6.07, 6.45) is 7.86. The molecule has 0 amide bonds. The maximum absolute atomic E-state index is 12.9. The van der Waals surface area contributed by atoms with Crippen LogP contribution >= 0.6 is 0 Å². The lowest BCUT2D eigenvalue weighted by Crippen LogP contribution is -2.42. The Morgan fingerprint density at radius 2 is 1.12 bits per heavy atom. The van der Waals surface area contributed by atoms with Crippen LogP contribution in [0.15, 0.2) is 48.5 Å². The van der Waals surface area contributed by atoms with E-state index in [1.807, 2.05) is 24.3 Å². The Bertz CT molecular complexity index is 566. The second-order valence-corrected chi connectivity index (χ2v) is 6.82. The Hall–Kier alpha value is -1.74. The van der Waals surface area contributed by atoms with Crippen LogP contribution in [0, 0.1) is 11.6 Å². The average molecular weight is 329 g/mol. The molecule has 3 rings (SSSR count). The minimum absolute atomic E-state index is 0.171. The van der Waals surface area contributed by atoms with Crippen molar-refractivity contribution in [2.45, 2.75) is 57.0 Å². The van der Waals surface area contributed by atoms with Crippen LogP contribution in [0.5, 0.6) is 0 Å². The number of benzene rings is 2. The van der Waals surface area contributed by atoms with E-state index in [1.165, 1.54) is 54.7 Å². The summed E-state index contributed by atoms with van der Waals surface area (Å²) < 4.78 is 25.9. The Kier molecular flexibility index (Phi) is 5.97. The maximum Gasteiger partial charge on any atom is 0.123 e. The number of halogens is 2. The number of piperidine rings is 1. The highest BCUT2D eigenvalue weighted by atomic mass is 19.1. The van der Waals surface area contributed by atoms with E-state index in [4.69, 9.17) is 0 Å². The standard InChI is InChI=1S/C21H25F2N/c22-18-10-4-16(5-11-18)8-14-20-2-1-3-21(24-20)15-9-17-6-12-19(23)13-7-17/h4-7,10-13,20-21,24H,1-3,8-9,14-15H2/t20-,21+. The summed E-state index contributed by atoms with van der Waals surface area (Å²) in [6.45, 7) is 0. The summed E-state index contributed by atoms with van der Waals surface area (Å²) in [5.41, 5.74) is 2.40. The lowest BCUT2D eigenvalue weighted by molar-refractivity contribution is 0.297. The molecule has 1 heterocycles. The van der Waals surface area contributed by atoms with Gasteiger partial charge in [0.2, 0.25) is 0 Å². The van der Waals surface area contributed by atoms with E-state index in [9.17, 15) is 8.78 Å². The summed E-state index contributed by atoms with van der Waals surface area (Å²) in [5.74, 6) is -0.342. The van der Waals surface area contributed by atoms with Crippen LogP contribution in [0.1, 0.15) is 43.2 Å². The largest absolute Gasteiger partial charge is 0.311 e. The van der Waals surface area contributed by atoms with Gasteiger partial charge in [-0.3, -0.25) is 0 Å². The normalized spacial score (nSPS) is 20.9. The van der Waals surface area contributed by atoms with Crippen LogP contribution < -0.4 is 5.32 Å². The molecule has 0 saturated carbocycles. The number of aryl methyl sites for hydroxylation is 2. The summed E-state index contributed by atoms with van der Waals surface area (Å²) in [4.78, 5) is 0. The predicted molar refractivity (Wildman–Crippen MR) is 94.0 cm³/mol. The lowest BCUT2D eigenvalue weighted by atomic mass is 9.91. The van der Waals surface area contributed by atoms with Crippen molar-refractivity contribution in [3.8, 4) is 0 Å². The predicted octanol–water partition coefficient (Wildman–Crippen LogP) is 5.04. The van der Waals surface area contributed by atoms with E-state index < -0.39 is 0 Å². The van der Waals surface area contributed by atoms with Crippen molar-refractivity contribution in [2.24, 2.45) is 0 Å². The van der Waals surface area contributed by atoms with Gasteiger partial charge >= 0.3 is 0 Å². The van der Waals surface area contributed by atoms with Crippen molar-refractivity contribution in [3.05, 3.63) is 71.3 Å². The van der Waals surface area contributed by atoms with Crippen LogP contribution in [0.4, 0.5) is 8.78 Å². The van der Waals surface area contributed by atoms with Gasteiger partial charge in [-0.05, 0) is 73.9 Å². The highest BCUT2D eigenvalue weighted by Crippen LogP contribution is 2.20. The molecule has 0 spiro atoms. The molecule has 1 saturated heterocycles. The third-order valence-electron chi connectivity index (χ3n) is 4.97. The fourth-order valence-electron chi connectivity index (χ4n) is 3.55. The van der Waals surface area contributed by atoms with Gasteiger partial charge in [-0.15, -0.1) is 0 Å². The molecule has 24 heavy (non-hydrogen) atoms. The number of rotatable bonds is 6. The molecule has 0 bridgehead atoms. The second kappa shape index (κ2) is 8.39. The molecule has 2 atom stereocenters. The first-order valence-electron chi connectivity index (χ1n) is 8.94. The first kappa shape index (κ1) is 17.1. The summed E-state index contributed by atoms with van der Waals surface area (Å²) in [6, 6.07) is 14.8. The van der Waals surface area contributed by atoms with Crippen LogP contribution in [0.2, 0.25) is 0 Å². The molecule has 1 nitrogen and oxygen atoms in total. The van der Waals surface area contributed by atoms with Gasteiger partial charge in [0.15, 0.2) is 0 Å². The quantitative estimate of drug-likeness (QED) is 0.783. The second-order valence-electron chi connectivity index (χ2n) is 6.82. The van der Waals surface area contributed by atoms with Gasteiger partial charge in [0, 0.05) is 12.1 Å². The topological polar surface area (TPSA) is 12.0 Å². The van der Waals surface area contributed by atoms with Crippen molar-refractivity contribution < 1.29 is 8.78 Å². The highest BCUT2D eigenvalue weighted by molar-refractivity contribution is 5.17. The summed E-state index contributed by atoms with van der Waals surface area (Å²) >= 11 is 0. The molecule has 0 radical (unpaired) electrons. The molecule has 0 aliphatic carbocycles. The molecule has 0 unspecified atom stereocenters. The molecule has 1 aliphatic rings. The first-order chi connectivity index (χ1) is 11.7. The maximum atomic E-state index is 12.9. The number of hydrogen-bond acceptors (Lipinski definition) is 1. The monoisotopic (exact) mass is 329 g/mol. The molecule has 2 aromatic carbocycles. The highest BCUT2D eigenvalue weighted by Gasteiger charge is 2.20. The van der Waals surface area contributed by atoms with Crippen LogP contribution in [0.3, 0.4) is 0 Å². The van der Waals surface area contributed by atoms with Crippen molar-refractivity contribution in [1.82, 2.24) is 5.32 Å². The molecular weight excluding hydrogens is 304 g/mol. The van der Waals surface area contributed by atoms with Gasteiger partial charge in [0.05, 0.1) is 0 Å². The zero-order chi connectivity index (χ0) is 16.8. The van der Waals surface area contributed by atoms with Gasteiger partial charge < -0.3 is 5.32 Å². The molecule has 1 aliphatic heterocycles. The van der Waals surface area contributed by atoms with Gasteiger partial charge in [0.1, 0.15) is 11.6 Å². The molecule has 1 N–H and O–H groups in total. The van der Waals surface area contributed by atoms with Crippen LogP contribution in [-0.4, -0.2) is 12.1 Å². The summed E-state index contributed by atoms with van der Waals surface area (Å²) in [5, 5.41) is 3.77. The molecule has 1 fully saturated rings. The van der Waals surface area contributed by atoms with Gasteiger partial charge in [-0.2, -0.15) is 0 Å². The Balaban J connectivity index is 1.43. The van der Waals surface area contributed by atoms with Crippen LogP contribution in [0.25, 0.3) is 0 Å². The average Bonchev–Trinajstić information content (AvgIpc) is 2.61.